The quantitative estimate of drug-likeness (QED) is 0.234. The molecule has 0 atom stereocenters. The van der Waals surface area contributed by atoms with Crippen LogP contribution in [0.15, 0.2) is 60.7 Å². The van der Waals surface area contributed by atoms with Crippen LogP contribution in [-0.4, -0.2) is 30.3 Å². The van der Waals surface area contributed by atoms with Crippen LogP contribution in [0.2, 0.25) is 5.02 Å². The van der Waals surface area contributed by atoms with Crippen molar-refractivity contribution in [3.8, 4) is 11.3 Å². The number of nitrogens with one attached hydrogen (secondary N) is 1. The maximum atomic E-state index is 14.0. The minimum Gasteiger partial charge on any atom is -0.317 e. The lowest BCUT2D eigenvalue weighted by atomic mass is 10.0. The fraction of sp³-hybridized carbons (Fsp3) is 0.241. The van der Waals surface area contributed by atoms with Crippen LogP contribution in [0, 0.1) is 13.8 Å². The van der Waals surface area contributed by atoms with E-state index in [1.807, 2.05) is 44.2 Å². The summed E-state index contributed by atoms with van der Waals surface area (Å²) >= 11 is 6.28. The average molecular weight is 567 g/mol. The van der Waals surface area contributed by atoms with Crippen LogP contribution in [0.1, 0.15) is 58.5 Å². The topological polar surface area (TPSA) is 77.1 Å². The molecule has 0 aliphatic heterocycles. The number of carbonyl (C=O) groups excluding carboxylic acids is 1. The molecule has 0 radical (unpaired) electrons. The summed E-state index contributed by atoms with van der Waals surface area (Å²) in [7, 11) is 0. The number of alkyl halides is 3. The molecule has 0 saturated heterocycles. The molecule has 0 aliphatic carbocycles. The molecule has 11 heteroatoms. The summed E-state index contributed by atoms with van der Waals surface area (Å²) in [5.74, 6) is -0.397. The van der Waals surface area contributed by atoms with E-state index >= 15 is 0 Å². The first-order valence-electron chi connectivity index (χ1n) is 12.6. The van der Waals surface area contributed by atoms with Crippen molar-refractivity contribution in [2.24, 2.45) is 0 Å². The molecule has 0 aliphatic rings. The zero-order valence-corrected chi connectivity index (χ0v) is 23.0. The Labute approximate surface area is 233 Å². The molecular formula is C29H26ClF3N6O. The zero-order chi connectivity index (χ0) is 28.8. The number of rotatable bonds is 6. The second-order valence-corrected chi connectivity index (χ2v) is 10.3. The molecule has 1 amide bonds. The third kappa shape index (κ3) is 5.31. The van der Waals surface area contributed by atoms with E-state index < -0.39 is 17.8 Å². The van der Waals surface area contributed by atoms with Gasteiger partial charge in [0.05, 0.1) is 29.3 Å². The first kappa shape index (κ1) is 27.4. The average Bonchev–Trinajstić information content (AvgIpc) is 3.45. The van der Waals surface area contributed by atoms with Gasteiger partial charge in [-0.05, 0) is 43.0 Å². The van der Waals surface area contributed by atoms with Crippen LogP contribution < -0.4 is 5.32 Å². The minimum absolute atomic E-state index is 0.0919. The van der Waals surface area contributed by atoms with Gasteiger partial charge in [-0.15, -0.1) is 0 Å². The molecule has 1 N–H and O–H groups in total. The fourth-order valence-corrected chi connectivity index (χ4v) is 4.67. The van der Waals surface area contributed by atoms with Crippen molar-refractivity contribution >= 4 is 28.8 Å². The maximum absolute atomic E-state index is 14.0. The summed E-state index contributed by atoms with van der Waals surface area (Å²) in [5.41, 5.74) is 2.91. The van der Waals surface area contributed by atoms with Gasteiger partial charge in [0.25, 0.3) is 5.91 Å². The van der Waals surface area contributed by atoms with Crippen molar-refractivity contribution < 1.29 is 18.0 Å². The third-order valence-corrected chi connectivity index (χ3v) is 7.09. The van der Waals surface area contributed by atoms with Crippen molar-refractivity contribution in [1.82, 2.24) is 24.4 Å². The van der Waals surface area contributed by atoms with Gasteiger partial charge in [0.1, 0.15) is 0 Å². The number of amides is 1. The van der Waals surface area contributed by atoms with Crippen LogP contribution in [0.5, 0.6) is 0 Å². The van der Waals surface area contributed by atoms with Crippen LogP contribution >= 0.6 is 11.6 Å². The first-order valence-corrected chi connectivity index (χ1v) is 13.0. The van der Waals surface area contributed by atoms with Crippen molar-refractivity contribution in [2.45, 2.75) is 46.3 Å². The number of fused-ring (bicyclic) bond motifs is 1. The third-order valence-electron chi connectivity index (χ3n) is 6.72. The number of benzene rings is 2. The summed E-state index contributed by atoms with van der Waals surface area (Å²) in [4.78, 5) is 17.6. The van der Waals surface area contributed by atoms with Crippen LogP contribution in [-0.2, 0) is 12.7 Å². The molecule has 3 aromatic heterocycles. The summed E-state index contributed by atoms with van der Waals surface area (Å²) in [6, 6.07) is 16.8. The normalized spacial score (nSPS) is 11.9. The molecule has 7 nitrogen and oxygen atoms in total. The lowest BCUT2D eigenvalue weighted by Crippen LogP contribution is -2.16. The Morgan fingerprint density at radius 1 is 1.02 bits per heavy atom. The second kappa shape index (κ2) is 10.4. The number of aryl methyl sites for hydroxylation is 1. The standard InChI is InChI=1S/C29H26ClF3N6O/c1-16(2)19-9-11-20(12-10-19)23-13-25(29(31,32)33)39-26(34-23)14-24(37-39)28(40)35-27-17(3)36-38(18(27)4)15-21-7-5-6-8-22(21)30/h5-14,16H,15H2,1-4H3,(H,35,40). The number of carbonyl (C=O) groups is 1. The minimum atomic E-state index is -4.72. The van der Waals surface area contributed by atoms with Crippen molar-refractivity contribution in [1.29, 1.82) is 0 Å². The highest BCUT2D eigenvalue weighted by molar-refractivity contribution is 6.31. The van der Waals surface area contributed by atoms with Gasteiger partial charge < -0.3 is 5.32 Å². The number of anilines is 1. The summed E-state index contributed by atoms with van der Waals surface area (Å²) in [5, 5.41) is 11.8. The van der Waals surface area contributed by atoms with Gasteiger partial charge in [0, 0.05) is 16.7 Å². The largest absolute Gasteiger partial charge is 0.433 e. The Kier molecular flexibility index (Phi) is 7.14. The molecule has 40 heavy (non-hydrogen) atoms. The number of hydrogen-bond donors (Lipinski definition) is 1. The molecule has 2 aromatic carbocycles. The lowest BCUT2D eigenvalue weighted by Gasteiger charge is -2.12. The number of hydrogen-bond acceptors (Lipinski definition) is 4. The summed E-state index contributed by atoms with van der Waals surface area (Å²) in [6.07, 6.45) is -4.72. The van der Waals surface area contributed by atoms with Gasteiger partial charge in [0.15, 0.2) is 17.0 Å². The molecule has 206 valence electrons. The lowest BCUT2D eigenvalue weighted by molar-refractivity contribution is -0.142. The Balaban J connectivity index is 1.48. The Morgan fingerprint density at radius 2 is 1.73 bits per heavy atom. The molecule has 0 saturated carbocycles. The summed E-state index contributed by atoms with van der Waals surface area (Å²) in [6.45, 7) is 7.97. The molecule has 5 rings (SSSR count). The van der Waals surface area contributed by atoms with Gasteiger partial charge in [-0.1, -0.05) is 67.9 Å². The first-order chi connectivity index (χ1) is 18.9. The van der Waals surface area contributed by atoms with Crippen LogP contribution in [0.4, 0.5) is 18.9 Å². The molecule has 0 spiro atoms. The van der Waals surface area contributed by atoms with Crippen LogP contribution in [0.25, 0.3) is 16.9 Å². The molecule has 3 heterocycles. The van der Waals surface area contributed by atoms with E-state index in [2.05, 4.69) is 20.5 Å². The second-order valence-electron chi connectivity index (χ2n) is 9.85. The van der Waals surface area contributed by atoms with E-state index in [9.17, 15) is 18.0 Å². The Bertz CT molecular complexity index is 1720. The molecule has 0 fully saturated rings. The van der Waals surface area contributed by atoms with Crippen molar-refractivity contribution in [3.63, 3.8) is 0 Å². The highest BCUT2D eigenvalue weighted by Crippen LogP contribution is 2.33. The fourth-order valence-electron chi connectivity index (χ4n) is 4.47. The SMILES string of the molecule is Cc1nn(Cc2ccccc2Cl)c(C)c1NC(=O)c1cc2nc(-c3ccc(C(C)C)cc3)cc(C(F)(F)F)n2n1. The Hall–Kier alpha value is -4.18. The molecule has 0 bridgehead atoms. The molecule has 0 unspecified atom stereocenters. The molecule has 5 aromatic rings. The van der Waals surface area contributed by atoms with E-state index in [0.717, 1.165) is 17.2 Å². The van der Waals surface area contributed by atoms with Gasteiger partial charge in [-0.3, -0.25) is 9.48 Å². The number of aromatic nitrogens is 5. The highest BCUT2D eigenvalue weighted by atomic mass is 35.5. The Morgan fingerprint density at radius 3 is 2.38 bits per heavy atom. The van der Waals surface area contributed by atoms with Crippen molar-refractivity contribution in [3.05, 3.63) is 99.6 Å². The van der Waals surface area contributed by atoms with Crippen molar-refractivity contribution in [2.75, 3.05) is 5.32 Å². The highest BCUT2D eigenvalue weighted by Gasteiger charge is 2.36. The summed E-state index contributed by atoms with van der Waals surface area (Å²) < 4.78 is 44.5. The zero-order valence-electron chi connectivity index (χ0n) is 22.2. The van der Waals surface area contributed by atoms with Gasteiger partial charge in [-0.25, -0.2) is 9.50 Å². The smallest absolute Gasteiger partial charge is 0.317 e. The van der Waals surface area contributed by atoms with E-state index in [1.54, 1.807) is 36.7 Å². The van der Waals surface area contributed by atoms with Crippen LogP contribution in [0.3, 0.4) is 0 Å². The van der Waals surface area contributed by atoms with E-state index in [-0.39, 0.29) is 23.0 Å². The predicted molar refractivity (Wildman–Crippen MR) is 148 cm³/mol. The van der Waals surface area contributed by atoms with Gasteiger partial charge >= 0.3 is 6.18 Å². The van der Waals surface area contributed by atoms with E-state index in [1.165, 1.54) is 6.07 Å². The van der Waals surface area contributed by atoms with E-state index in [0.29, 0.717) is 38.7 Å². The van der Waals surface area contributed by atoms with Gasteiger partial charge in [-0.2, -0.15) is 23.4 Å². The monoisotopic (exact) mass is 566 g/mol. The van der Waals surface area contributed by atoms with E-state index in [4.69, 9.17) is 11.6 Å². The number of halogens is 4. The molecular weight excluding hydrogens is 541 g/mol. The number of nitrogens with zero attached hydrogens (tertiary/aromatic N) is 5. The maximum Gasteiger partial charge on any atom is 0.433 e. The predicted octanol–water partition coefficient (Wildman–Crippen LogP) is 7.31. The van der Waals surface area contributed by atoms with Gasteiger partial charge in [0.2, 0.25) is 0 Å².